The summed E-state index contributed by atoms with van der Waals surface area (Å²) in [6.45, 7) is 10.7. The third-order valence-electron chi connectivity index (χ3n) is 3.67. The van der Waals surface area contributed by atoms with Crippen molar-refractivity contribution in [2.24, 2.45) is 0 Å². The topological polar surface area (TPSA) is 80.2 Å². The predicted molar refractivity (Wildman–Crippen MR) is 97.5 cm³/mol. The van der Waals surface area contributed by atoms with Crippen molar-refractivity contribution in [3.8, 4) is 0 Å². The summed E-state index contributed by atoms with van der Waals surface area (Å²) in [7, 11) is 0. The first-order valence-electron chi connectivity index (χ1n) is 8.22. The molecule has 2 aromatic heterocycles. The van der Waals surface area contributed by atoms with Gasteiger partial charge < -0.3 is 15.0 Å². The van der Waals surface area contributed by atoms with Crippen LogP contribution >= 0.6 is 11.3 Å². The van der Waals surface area contributed by atoms with Crippen molar-refractivity contribution >= 4 is 28.4 Å². The van der Waals surface area contributed by atoms with E-state index >= 15 is 0 Å². The van der Waals surface area contributed by atoms with E-state index in [9.17, 15) is 4.79 Å². The Morgan fingerprint density at radius 2 is 2.04 bits per heavy atom. The zero-order valence-corrected chi connectivity index (χ0v) is 16.0. The molecule has 2 aromatic rings. The van der Waals surface area contributed by atoms with Crippen LogP contribution in [0.2, 0.25) is 0 Å². The molecule has 0 unspecified atom stereocenters. The number of hydrogen-bond acceptors (Lipinski definition) is 7. The fraction of sp³-hybridized carbons (Fsp3) is 0.529. The van der Waals surface area contributed by atoms with Gasteiger partial charge in [0, 0.05) is 36.1 Å². The quantitative estimate of drug-likeness (QED) is 0.899. The molecule has 0 spiro atoms. The number of ether oxygens (including phenoxy) is 1. The minimum Gasteiger partial charge on any atom is -0.444 e. The molecule has 0 atom stereocenters. The molecule has 0 bridgehead atoms. The van der Waals surface area contributed by atoms with Gasteiger partial charge in [0.2, 0.25) is 0 Å². The maximum absolute atomic E-state index is 12.0. The first-order chi connectivity index (χ1) is 11.7. The first-order valence-corrected chi connectivity index (χ1v) is 9.04. The molecule has 1 amide bonds. The van der Waals surface area contributed by atoms with E-state index in [1.807, 2.05) is 46.9 Å². The first kappa shape index (κ1) is 17.6. The van der Waals surface area contributed by atoms with E-state index in [2.05, 4.69) is 20.3 Å². The second kappa shape index (κ2) is 6.59. The molecule has 1 aliphatic heterocycles. The van der Waals surface area contributed by atoms with Gasteiger partial charge in [0.05, 0.1) is 5.69 Å². The summed E-state index contributed by atoms with van der Waals surface area (Å²) in [6.07, 6.45) is 1.55. The molecular formula is C17H23N5O2S. The maximum Gasteiger partial charge on any atom is 0.410 e. The highest BCUT2D eigenvalue weighted by molar-refractivity contribution is 7.15. The Morgan fingerprint density at radius 3 is 2.64 bits per heavy atom. The van der Waals surface area contributed by atoms with E-state index in [1.165, 1.54) is 0 Å². The number of thiazole rings is 1. The smallest absolute Gasteiger partial charge is 0.410 e. The number of anilines is 2. The summed E-state index contributed by atoms with van der Waals surface area (Å²) >= 11 is 1.58. The van der Waals surface area contributed by atoms with Gasteiger partial charge in [-0.1, -0.05) is 0 Å². The van der Waals surface area contributed by atoms with Crippen LogP contribution in [-0.2, 0) is 4.74 Å². The van der Waals surface area contributed by atoms with Crippen LogP contribution in [-0.4, -0.2) is 44.6 Å². The molecule has 3 heterocycles. The zero-order valence-electron chi connectivity index (χ0n) is 15.2. The fourth-order valence-electron chi connectivity index (χ4n) is 2.53. The van der Waals surface area contributed by atoms with Gasteiger partial charge in [-0.2, -0.15) is 0 Å². The number of amides is 1. The second-order valence-corrected chi connectivity index (χ2v) is 8.44. The van der Waals surface area contributed by atoms with E-state index in [-0.39, 0.29) is 12.0 Å². The lowest BCUT2D eigenvalue weighted by atomic mass is 9.96. The van der Waals surface area contributed by atoms with Gasteiger partial charge in [-0.05, 0) is 34.6 Å². The normalized spacial score (nSPS) is 15.0. The van der Waals surface area contributed by atoms with Gasteiger partial charge in [-0.15, -0.1) is 11.3 Å². The second-order valence-electron chi connectivity index (χ2n) is 7.21. The Labute approximate surface area is 151 Å². The van der Waals surface area contributed by atoms with Crippen molar-refractivity contribution in [3.63, 3.8) is 0 Å². The minimum atomic E-state index is -0.476. The number of carbonyl (C=O) groups excluding carboxylic acids is 1. The van der Waals surface area contributed by atoms with Gasteiger partial charge in [-0.3, -0.25) is 0 Å². The minimum absolute atomic E-state index is 0.202. The largest absolute Gasteiger partial charge is 0.444 e. The van der Waals surface area contributed by atoms with Crippen LogP contribution in [0.4, 0.5) is 15.7 Å². The highest BCUT2D eigenvalue weighted by Crippen LogP contribution is 2.29. The predicted octanol–water partition coefficient (Wildman–Crippen LogP) is 3.63. The maximum atomic E-state index is 12.0. The Morgan fingerprint density at radius 1 is 1.32 bits per heavy atom. The zero-order chi connectivity index (χ0) is 18.2. The molecule has 25 heavy (non-hydrogen) atoms. The molecule has 1 fully saturated rings. The van der Waals surface area contributed by atoms with Crippen LogP contribution in [0.3, 0.4) is 0 Å². The average molecular weight is 361 g/mol. The lowest BCUT2D eigenvalue weighted by Gasteiger charge is -2.39. The number of nitrogens with zero attached hydrogens (tertiary/aromatic N) is 4. The summed E-state index contributed by atoms with van der Waals surface area (Å²) in [6, 6.07) is 1.93. The number of nitrogens with one attached hydrogen (secondary N) is 1. The molecule has 1 saturated heterocycles. The van der Waals surface area contributed by atoms with E-state index < -0.39 is 5.60 Å². The summed E-state index contributed by atoms with van der Waals surface area (Å²) in [4.78, 5) is 28.1. The molecule has 3 rings (SSSR count). The third kappa shape index (κ3) is 4.45. The number of aromatic nitrogens is 3. The summed E-state index contributed by atoms with van der Waals surface area (Å²) in [5, 5.41) is 4.04. The molecule has 0 aliphatic carbocycles. The van der Waals surface area contributed by atoms with E-state index in [4.69, 9.17) is 4.74 Å². The lowest BCUT2D eigenvalue weighted by Crippen LogP contribution is -2.50. The molecule has 1 N–H and O–H groups in total. The summed E-state index contributed by atoms with van der Waals surface area (Å²) in [5.41, 5.74) is 0.458. The van der Waals surface area contributed by atoms with Crippen molar-refractivity contribution in [1.29, 1.82) is 0 Å². The molecular weight excluding hydrogens is 338 g/mol. The number of hydrogen-bond donors (Lipinski definition) is 1. The van der Waals surface area contributed by atoms with Crippen molar-refractivity contribution < 1.29 is 9.53 Å². The standard InChI is InChI=1S/C17H23N5O2S/c1-10-7-18-15(25-10)21-14-6-13(19-11(2)20-14)12-8-22(9-12)16(23)24-17(3,4)5/h6-7,12H,8-9H2,1-5H3,(H,18,19,20,21). The summed E-state index contributed by atoms with van der Waals surface area (Å²) < 4.78 is 5.39. The molecule has 8 heteroatoms. The van der Waals surface area contributed by atoms with Crippen LogP contribution < -0.4 is 5.32 Å². The van der Waals surface area contributed by atoms with Crippen molar-refractivity contribution in [3.05, 3.63) is 28.7 Å². The van der Waals surface area contributed by atoms with Gasteiger partial charge in [0.15, 0.2) is 5.13 Å². The highest BCUT2D eigenvalue weighted by Gasteiger charge is 2.35. The van der Waals surface area contributed by atoms with Crippen LogP contribution in [0.25, 0.3) is 0 Å². The lowest BCUT2D eigenvalue weighted by molar-refractivity contribution is 0.00787. The van der Waals surface area contributed by atoms with Crippen molar-refractivity contribution in [2.45, 2.75) is 46.1 Å². The molecule has 1 aliphatic rings. The number of carbonyl (C=O) groups is 1. The average Bonchev–Trinajstić information content (AvgIpc) is 2.79. The van der Waals surface area contributed by atoms with Crippen LogP contribution in [0.5, 0.6) is 0 Å². The SMILES string of the molecule is Cc1nc(Nc2ncc(C)s2)cc(C2CN(C(=O)OC(C)(C)C)C2)n1. The van der Waals surface area contributed by atoms with Gasteiger partial charge in [-0.25, -0.2) is 19.7 Å². The van der Waals surface area contributed by atoms with E-state index in [1.54, 1.807) is 16.2 Å². The number of aryl methyl sites for hydroxylation is 2. The van der Waals surface area contributed by atoms with E-state index in [0.717, 1.165) is 21.5 Å². The third-order valence-corrected chi connectivity index (χ3v) is 4.49. The molecule has 0 radical (unpaired) electrons. The number of likely N-dealkylation sites (tertiary alicyclic amines) is 1. The van der Waals surface area contributed by atoms with Gasteiger partial charge in [0.25, 0.3) is 0 Å². The monoisotopic (exact) mass is 361 g/mol. The Bertz CT molecular complexity index is 778. The van der Waals surface area contributed by atoms with Crippen LogP contribution in [0, 0.1) is 13.8 Å². The van der Waals surface area contributed by atoms with Gasteiger partial charge >= 0.3 is 6.09 Å². The van der Waals surface area contributed by atoms with Crippen LogP contribution in [0.1, 0.15) is 43.1 Å². The fourth-order valence-corrected chi connectivity index (χ4v) is 3.20. The number of rotatable bonds is 3. The highest BCUT2D eigenvalue weighted by atomic mass is 32.1. The molecule has 134 valence electrons. The Balaban J connectivity index is 1.65. The van der Waals surface area contributed by atoms with Crippen LogP contribution in [0.15, 0.2) is 12.3 Å². The molecule has 0 aromatic carbocycles. The molecule has 7 nitrogen and oxygen atoms in total. The van der Waals surface area contributed by atoms with E-state index in [0.29, 0.717) is 18.9 Å². The summed E-state index contributed by atoms with van der Waals surface area (Å²) in [5.74, 6) is 1.63. The Hall–Kier alpha value is -2.22. The van der Waals surface area contributed by atoms with Crippen molar-refractivity contribution in [1.82, 2.24) is 19.9 Å². The Kier molecular flexibility index (Phi) is 4.64. The molecule has 0 saturated carbocycles. The van der Waals surface area contributed by atoms with Crippen molar-refractivity contribution in [2.75, 3.05) is 18.4 Å². The van der Waals surface area contributed by atoms with Gasteiger partial charge in [0.1, 0.15) is 17.2 Å².